The maximum absolute atomic E-state index is 11.8. The molecule has 0 aliphatic heterocycles. The Balaban J connectivity index is 2.58. The fraction of sp³-hybridized carbons (Fsp3) is 0.462. The number of carbonyl (C=O) groups is 1. The summed E-state index contributed by atoms with van der Waals surface area (Å²) in [4.78, 5) is 12.6. The lowest BCUT2D eigenvalue weighted by Gasteiger charge is -2.24. The average Bonchev–Trinajstić information content (AvgIpc) is 2.28. The van der Waals surface area contributed by atoms with Gasteiger partial charge in [0.05, 0.1) is 10.8 Å². The first-order chi connectivity index (χ1) is 8.35. The van der Waals surface area contributed by atoms with Crippen molar-refractivity contribution in [3.05, 3.63) is 23.2 Å². The third-order valence-electron chi connectivity index (χ3n) is 2.71. The minimum atomic E-state index is -0.177. The minimum Gasteiger partial charge on any atom is -0.398 e. The summed E-state index contributed by atoms with van der Waals surface area (Å²) in [6, 6.07) is 5.35. The van der Waals surface area contributed by atoms with Crippen LogP contribution >= 0.6 is 23.4 Å². The first kappa shape index (κ1) is 15.2. The predicted octanol–water partition coefficient (Wildman–Crippen LogP) is 3.32. The molecular weight excluding hydrogens is 268 g/mol. The number of halogens is 1. The topological polar surface area (TPSA) is 55.1 Å². The van der Waals surface area contributed by atoms with E-state index in [2.05, 4.69) is 5.32 Å². The van der Waals surface area contributed by atoms with Gasteiger partial charge in [0.1, 0.15) is 0 Å². The number of rotatable bonds is 5. The van der Waals surface area contributed by atoms with Gasteiger partial charge in [-0.05, 0) is 32.4 Å². The van der Waals surface area contributed by atoms with E-state index in [0.29, 0.717) is 16.5 Å². The van der Waals surface area contributed by atoms with Gasteiger partial charge in [0.25, 0.3) is 0 Å². The SMILES string of the molecule is CCC(C)(C)NC(=O)CSc1c(N)cccc1Cl. The van der Waals surface area contributed by atoms with Crippen molar-refractivity contribution in [2.24, 2.45) is 0 Å². The smallest absolute Gasteiger partial charge is 0.230 e. The fourth-order valence-corrected chi connectivity index (χ4v) is 2.45. The van der Waals surface area contributed by atoms with Crippen LogP contribution in [0.1, 0.15) is 27.2 Å². The largest absolute Gasteiger partial charge is 0.398 e. The summed E-state index contributed by atoms with van der Waals surface area (Å²) in [5, 5.41) is 3.56. The Kier molecular flexibility index (Phi) is 5.35. The molecule has 18 heavy (non-hydrogen) atoms. The molecule has 3 nitrogen and oxygen atoms in total. The summed E-state index contributed by atoms with van der Waals surface area (Å²) in [7, 11) is 0. The zero-order valence-electron chi connectivity index (χ0n) is 10.9. The molecule has 0 aliphatic carbocycles. The predicted molar refractivity (Wildman–Crippen MR) is 79.1 cm³/mol. The van der Waals surface area contributed by atoms with Crippen LogP contribution in [0.4, 0.5) is 5.69 Å². The highest BCUT2D eigenvalue weighted by Crippen LogP contribution is 2.32. The van der Waals surface area contributed by atoms with Crippen LogP contribution < -0.4 is 11.1 Å². The number of nitrogens with two attached hydrogens (primary N) is 1. The van der Waals surface area contributed by atoms with Crippen molar-refractivity contribution in [1.82, 2.24) is 5.32 Å². The Morgan fingerprint density at radius 1 is 1.50 bits per heavy atom. The van der Waals surface area contributed by atoms with Gasteiger partial charge in [-0.3, -0.25) is 4.79 Å². The van der Waals surface area contributed by atoms with E-state index in [0.717, 1.165) is 11.3 Å². The number of benzene rings is 1. The summed E-state index contributed by atoms with van der Waals surface area (Å²) in [6.45, 7) is 6.04. The first-order valence-corrected chi connectivity index (χ1v) is 7.20. The second kappa shape index (κ2) is 6.34. The molecule has 0 saturated heterocycles. The Labute approximate surface area is 117 Å². The molecule has 100 valence electrons. The van der Waals surface area contributed by atoms with E-state index >= 15 is 0 Å². The van der Waals surface area contributed by atoms with Crippen LogP contribution in [0.5, 0.6) is 0 Å². The quantitative estimate of drug-likeness (QED) is 0.645. The first-order valence-electron chi connectivity index (χ1n) is 5.83. The van der Waals surface area contributed by atoms with Gasteiger partial charge in [-0.2, -0.15) is 0 Å². The molecule has 0 bridgehead atoms. The molecule has 1 aromatic rings. The minimum absolute atomic E-state index is 0.00818. The van der Waals surface area contributed by atoms with Crippen molar-refractivity contribution in [1.29, 1.82) is 0 Å². The van der Waals surface area contributed by atoms with Crippen LogP contribution in [0.3, 0.4) is 0 Å². The van der Waals surface area contributed by atoms with Crippen molar-refractivity contribution in [2.75, 3.05) is 11.5 Å². The van der Waals surface area contributed by atoms with E-state index in [-0.39, 0.29) is 11.4 Å². The van der Waals surface area contributed by atoms with Gasteiger partial charge < -0.3 is 11.1 Å². The summed E-state index contributed by atoms with van der Waals surface area (Å²) >= 11 is 7.40. The van der Waals surface area contributed by atoms with Crippen LogP contribution in [0.25, 0.3) is 0 Å². The van der Waals surface area contributed by atoms with Gasteiger partial charge >= 0.3 is 0 Å². The van der Waals surface area contributed by atoms with Crippen LogP contribution in [0.15, 0.2) is 23.1 Å². The standard InChI is InChI=1S/C13H19ClN2OS/c1-4-13(2,3)16-11(17)8-18-12-9(14)6-5-7-10(12)15/h5-7H,4,8,15H2,1-3H3,(H,16,17). The van der Waals surface area contributed by atoms with Gasteiger partial charge in [0, 0.05) is 16.1 Å². The van der Waals surface area contributed by atoms with E-state index in [9.17, 15) is 4.79 Å². The molecule has 1 amide bonds. The molecule has 0 fully saturated rings. The van der Waals surface area contributed by atoms with Crippen molar-refractivity contribution >= 4 is 35.0 Å². The molecule has 0 saturated carbocycles. The number of amides is 1. The molecular formula is C13H19ClN2OS. The third kappa shape index (κ3) is 4.42. The van der Waals surface area contributed by atoms with Crippen molar-refractivity contribution in [3.63, 3.8) is 0 Å². The van der Waals surface area contributed by atoms with Crippen molar-refractivity contribution in [2.45, 2.75) is 37.6 Å². The highest BCUT2D eigenvalue weighted by atomic mass is 35.5. The van der Waals surface area contributed by atoms with E-state index in [4.69, 9.17) is 17.3 Å². The summed E-state index contributed by atoms with van der Waals surface area (Å²) in [5.74, 6) is 0.309. The maximum atomic E-state index is 11.8. The maximum Gasteiger partial charge on any atom is 0.230 e. The van der Waals surface area contributed by atoms with E-state index in [1.165, 1.54) is 11.8 Å². The summed E-state index contributed by atoms with van der Waals surface area (Å²) in [6.07, 6.45) is 0.887. The molecule has 1 rings (SSSR count). The number of carbonyl (C=O) groups excluding carboxylic acids is 1. The number of nitrogen functional groups attached to an aromatic ring is 1. The van der Waals surface area contributed by atoms with Crippen LogP contribution in [0, 0.1) is 0 Å². The zero-order valence-corrected chi connectivity index (χ0v) is 12.5. The fourth-order valence-electron chi connectivity index (χ4n) is 1.32. The number of hydrogen-bond acceptors (Lipinski definition) is 3. The van der Waals surface area contributed by atoms with Gasteiger partial charge in [0.15, 0.2) is 0 Å². The van der Waals surface area contributed by atoms with E-state index < -0.39 is 0 Å². The molecule has 0 radical (unpaired) electrons. The highest BCUT2D eigenvalue weighted by molar-refractivity contribution is 8.00. The monoisotopic (exact) mass is 286 g/mol. The zero-order chi connectivity index (χ0) is 13.8. The van der Waals surface area contributed by atoms with Crippen LogP contribution in [-0.2, 0) is 4.79 Å². The molecule has 3 N–H and O–H groups in total. The van der Waals surface area contributed by atoms with Crippen molar-refractivity contribution in [3.8, 4) is 0 Å². The lowest BCUT2D eigenvalue weighted by Crippen LogP contribution is -2.43. The lowest BCUT2D eigenvalue weighted by atomic mass is 10.0. The van der Waals surface area contributed by atoms with Crippen molar-refractivity contribution < 1.29 is 4.79 Å². The second-order valence-electron chi connectivity index (χ2n) is 4.73. The van der Waals surface area contributed by atoms with Gasteiger partial charge in [0.2, 0.25) is 5.91 Å². The molecule has 0 heterocycles. The summed E-state index contributed by atoms with van der Waals surface area (Å²) in [5.41, 5.74) is 6.25. The molecule has 1 aromatic carbocycles. The van der Waals surface area contributed by atoms with Crippen LogP contribution in [0.2, 0.25) is 5.02 Å². The Morgan fingerprint density at radius 2 is 2.17 bits per heavy atom. The highest BCUT2D eigenvalue weighted by Gasteiger charge is 2.18. The third-order valence-corrected chi connectivity index (χ3v) is 4.28. The molecule has 0 spiro atoms. The average molecular weight is 287 g/mol. The normalized spacial score (nSPS) is 11.3. The Bertz CT molecular complexity index is 415. The molecule has 0 atom stereocenters. The number of thioether (sulfide) groups is 1. The Hall–Kier alpha value is -0.870. The van der Waals surface area contributed by atoms with Gasteiger partial charge in [-0.1, -0.05) is 24.6 Å². The van der Waals surface area contributed by atoms with Crippen LogP contribution in [-0.4, -0.2) is 17.2 Å². The number of hydrogen-bond donors (Lipinski definition) is 2. The van der Waals surface area contributed by atoms with E-state index in [1.54, 1.807) is 18.2 Å². The number of anilines is 1. The molecule has 0 unspecified atom stereocenters. The van der Waals surface area contributed by atoms with E-state index in [1.807, 2.05) is 20.8 Å². The molecule has 0 aliphatic rings. The lowest BCUT2D eigenvalue weighted by molar-refractivity contribution is -0.120. The van der Waals surface area contributed by atoms with Gasteiger partial charge in [-0.25, -0.2) is 0 Å². The number of nitrogens with one attached hydrogen (secondary N) is 1. The second-order valence-corrected chi connectivity index (χ2v) is 6.13. The van der Waals surface area contributed by atoms with Gasteiger partial charge in [-0.15, -0.1) is 11.8 Å². The molecule has 0 aromatic heterocycles. The summed E-state index contributed by atoms with van der Waals surface area (Å²) < 4.78 is 0. The Morgan fingerprint density at radius 3 is 2.72 bits per heavy atom. The molecule has 5 heteroatoms.